The fraction of sp³-hybridized carbons (Fsp3) is 0.333. The van der Waals surface area contributed by atoms with Gasteiger partial charge in [0, 0.05) is 26.2 Å². The van der Waals surface area contributed by atoms with Gasteiger partial charge in [0.2, 0.25) is 5.89 Å². The van der Waals surface area contributed by atoms with E-state index >= 15 is 0 Å². The Morgan fingerprint density at radius 2 is 1.94 bits per heavy atom. The van der Waals surface area contributed by atoms with Gasteiger partial charge in [-0.25, -0.2) is 4.98 Å². The number of carbonyl (C=O) groups is 1. The van der Waals surface area contributed by atoms with Crippen molar-refractivity contribution in [2.24, 2.45) is 0 Å². The zero-order valence-corrected chi connectivity index (χ0v) is 18.2. The molecular weight excluding hydrogens is 394 g/mol. The smallest absolute Gasteiger partial charge is 0.273 e. The summed E-state index contributed by atoms with van der Waals surface area (Å²) in [7, 11) is 3.25. The Hall–Kier alpha value is -3.16. The highest BCUT2D eigenvalue weighted by molar-refractivity contribution is 5.91. The fourth-order valence-corrected chi connectivity index (χ4v) is 3.30. The maximum Gasteiger partial charge on any atom is 0.273 e. The molecule has 3 aromatic rings. The van der Waals surface area contributed by atoms with Gasteiger partial charge in [-0.15, -0.1) is 0 Å². The second-order valence-electron chi connectivity index (χ2n) is 7.22. The van der Waals surface area contributed by atoms with Gasteiger partial charge in [0.15, 0.2) is 5.69 Å². The summed E-state index contributed by atoms with van der Waals surface area (Å²) in [6.07, 6.45) is 1.40. The molecule has 1 heterocycles. The molecule has 1 amide bonds. The number of oxazole rings is 1. The van der Waals surface area contributed by atoms with Crippen LogP contribution in [-0.2, 0) is 17.8 Å². The molecule has 1 unspecified atom stereocenters. The first-order valence-electron chi connectivity index (χ1n) is 10.2. The lowest BCUT2D eigenvalue weighted by molar-refractivity contribution is 0.0932. The normalized spacial score (nSPS) is 12.0. The van der Waals surface area contributed by atoms with Gasteiger partial charge in [-0.2, -0.15) is 0 Å². The number of benzene rings is 2. The lowest BCUT2D eigenvalue weighted by atomic mass is 10.1. The van der Waals surface area contributed by atoms with Gasteiger partial charge in [0.25, 0.3) is 5.91 Å². The average Bonchev–Trinajstić information content (AvgIpc) is 3.27. The van der Waals surface area contributed by atoms with Crippen LogP contribution >= 0.6 is 0 Å². The first-order valence-corrected chi connectivity index (χ1v) is 10.2. The number of carbonyl (C=O) groups excluding carboxylic acids is 1. The van der Waals surface area contributed by atoms with Crippen LogP contribution in [0.2, 0.25) is 0 Å². The Kier molecular flexibility index (Phi) is 8.20. The van der Waals surface area contributed by atoms with Crippen LogP contribution in [0.3, 0.4) is 0 Å². The van der Waals surface area contributed by atoms with E-state index in [0.717, 1.165) is 11.3 Å². The molecule has 1 aromatic heterocycles. The van der Waals surface area contributed by atoms with E-state index in [9.17, 15) is 4.79 Å². The van der Waals surface area contributed by atoms with Crippen LogP contribution in [-0.4, -0.2) is 43.2 Å². The van der Waals surface area contributed by atoms with Crippen LogP contribution in [0.15, 0.2) is 65.3 Å². The van der Waals surface area contributed by atoms with Crippen LogP contribution in [0.1, 0.15) is 40.5 Å². The molecule has 164 valence electrons. The van der Waals surface area contributed by atoms with Crippen molar-refractivity contribution < 1.29 is 18.7 Å². The van der Waals surface area contributed by atoms with Crippen molar-refractivity contribution in [2.75, 3.05) is 27.4 Å². The third-order valence-corrected chi connectivity index (χ3v) is 5.06. The SMILES string of the molecule is COCCNC(=O)c1coc(CN(Cc2cccc(OC)c2)C(C)c2ccccc2)n1. The van der Waals surface area contributed by atoms with Crippen LogP contribution in [0.5, 0.6) is 5.75 Å². The molecule has 7 heteroatoms. The highest BCUT2D eigenvalue weighted by Crippen LogP contribution is 2.25. The van der Waals surface area contributed by atoms with Gasteiger partial charge in [-0.1, -0.05) is 42.5 Å². The number of aromatic nitrogens is 1. The topological polar surface area (TPSA) is 76.8 Å². The highest BCUT2D eigenvalue weighted by Gasteiger charge is 2.20. The van der Waals surface area contributed by atoms with Crippen molar-refractivity contribution in [2.45, 2.75) is 26.1 Å². The molecule has 0 saturated carbocycles. The van der Waals surface area contributed by atoms with Crippen LogP contribution in [0, 0.1) is 0 Å². The number of hydrogen-bond donors (Lipinski definition) is 1. The molecule has 0 radical (unpaired) electrons. The van der Waals surface area contributed by atoms with Gasteiger partial charge in [0.1, 0.15) is 12.0 Å². The minimum Gasteiger partial charge on any atom is -0.497 e. The quantitative estimate of drug-likeness (QED) is 0.473. The molecule has 7 nitrogen and oxygen atoms in total. The molecule has 0 aliphatic heterocycles. The molecule has 0 bridgehead atoms. The molecule has 3 rings (SSSR count). The molecule has 1 N–H and O–H groups in total. The summed E-state index contributed by atoms with van der Waals surface area (Å²) in [5.41, 5.74) is 2.57. The van der Waals surface area contributed by atoms with E-state index in [2.05, 4.69) is 40.3 Å². The summed E-state index contributed by atoms with van der Waals surface area (Å²) < 4.78 is 15.9. The first kappa shape index (κ1) is 22.5. The van der Waals surface area contributed by atoms with Crippen LogP contribution < -0.4 is 10.1 Å². The summed E-state index contributed by atoms with van der Waals surface area (Å²) in [5, 5.41) is 2.75. The van der Waals surface area contributed by atoms with Gasteiger partial charge in [-0.3, -0.25) is 9.69 Å². The average molecular weight is 424 g/mol. The van der Waals surface area contributed by atoms with Crippen molar-refractivity contribution >= 4 is 5.91 Å². The zero-order chi connectivity index (χ0) is 22.1. The van der Waals surface area contributed by atoms with Gasteiger partial charge in [-0.05, 0) is 30.2 Å². The largest absolute Gasteiger partial charge is 0.497 e. The van der Waals surface area contributed by atoms with Crippen molar-refractivity contribution in [1.29, 1.82) is 0 Å². The Labute approximate surface area is 183 Å². The summed E-state index contributed by atoms with van der Waals surface area (Å²) in [6, 6.07) is 18.4. The predicted octanol–water partition coefficient (Wildman–Crippen LogP) is 3.82. The fourth-order valence-electron chi connectivity index (χ4n) is 3.30. The second kappa shape index (κ2) is 11.3. The molecule has 1 atom stereocenters. The zero-order valence-electron chi connectivity index (χ0n) is 18.2. The predicted molar refractivity (Wildman–Crippen MR) is 118 cm³/mol. The van der Waals surface area contributed by atoms with Gasteiger partial charge < -0.3 is 19.2 Å². The van der Waals surface area contributed by atoms with Crippen LogP contribution in [0.4, 0.5) is 0 Å². The van der Waals surface area contributed by atoms with Crippen molar-refractivity contribution in [3.05, 3.63) is 83.6 Å². The van der Waals surface area contributed by atoms with Gasteiger partial charge >= 0.3 is 0 Å². The third kappa shape index (κ3) is 6.41. The number of nitrogens with one attached hydrogen (secondary N) is 1. The molecule has 0 spiro atoms. The van der Waals surface area contributed by atoms with Crippen molar-refractivity contribution in [3.8, 4) is 5.75 Å². The Morgan fingerprint density at radius 1 is 1.13 bits per heavy atom. The van der Waals surface area contributed by atoms with E-state index in [1.807, 2.05) is 36.4 Å². The Bertz CT molecular complexity index is 958. The molecule has 0 saturated heterocycles. The molecule has 0 aliphatic carbocycles. The third-order valence-electron chi connectivity index (χ3n) is 5.06. The molecular formula is C24H29N3O4. The number of ether oxygens (including phenoxy) is 2. The van der Waals surface area contributed by atoms with Crippen molar-refractivity contribution in [1.82, 2.24) is 15.2 Å². The lowest BCUT2D eigenvalue weighted by Gasteiger charge is -2.28. The van der Waals surface area contributed by atoms with E-state index in [-0.39, 0.29) is 17.6 Å². The minimum atomic E-state index is -0.275. The van der Waals surface area contributed by atoms with E-state index < -0.39 is 0 Å². The second-order valence-corrected chi connectivity index (χ2v) is 7.22. The number of nitrogens with zero attached hydrogens (tertiary/aromatic N) is 2. The van der Waals surface area contributed by atoms with E-state index in [1.54, 1.807) is 14.2 Å². The maximum absolute atomic E-state index is 12.2. The summed E-state index contributed by atoms with van der Waals surface area (Å²) in [5.74, 6) is 1.03. The summed E-state index contributed by atoms with van der Waals surface area (Å²) in [6.45, 7) is 4.14. The van der Waals surface area contributed by atoms with Crippen molar-refractivity contribution in [3.63, 3.8) is 0 Å². The van der Waals surface area contributed by atoms with Gasteiger partial charge in [0.05, 0.1) is 20.3 Å². The Morgan fingerprint density at radius 3 is 2.68 bits per heavy atom. The highest BCUT2D eigenvalue weighted by atomic mass is 16.5. The number of hydrogen-bond acceptors (Lipinski definition) is 6. The summed E-state index contributed by atoms with van der Waals surface area (Å²) in [4.78, 5) is 18.9. The summed E-state index contributed by atoms with van der Waals surface area (Å²) >= 11 is 0. The standard InChI is InChI=1S/C24H29N3O4/c1-18(20-9-5-4-6-10-20)27(15-19-8-7-11-21(14-19)30-3)16-23-26-22(17-31-23)24(28)25-12-13-29-2/h4-11,14,17-18H,12-13,15-16H2,1-3H3,(H,25,28). The molecule has 2 aromatic carbocycles. The monoisotopic (exact) mass is 423 g/mol. The molecule has 31 heavy (non-hydrogen) atoms. The van der Waals surface area contributed by atoms with E-state index in [1.165, 1.54) is 11.8 Å². The van der Waals surface area contributed by atoms with E-state index in [0.29, 0.717) is 32.1 Å². The maximum atomic E-state index is 12.2. The first-order chi connectivity index (χ1) is 15.1. The van der Waals surface area contributed by atoms with E-state index in [4.69, 9.17) is 13.9 Å². The van der Waals surface area contributed by atoms with Crippen LogP contribution in [0.25, 0.3) is 0 Å². The molecule has 0 aliphatic rings. The number of rotatable bonds is 11. The molecule has 0 fully saturated rings. The number of amides is 1. The lowest BCUT2D eigenvalue weighted by Crippen LogP contribution is -2.28. The Balaban J connectivity index is 1.77. The number of methoxy groups -OCH3 is 2. The minimum absolute atomic E-state index is 0.110.